The topological polar surface area (TPSA) is 66.5 Å². The van der Waals surface area contributed by atoms with Crippen LogP contribution in [0.2, 0.25) is 0 Å². The first-order valence-electron chi connectivity index (χ1n) is 6.75. The number of ether oxygens (including phenoxy) is 1. The van der Waals surface area contributed by atoms with Gasteiger partial charge in [0.1, 0.15) is 5.76 Å². The number of hydrogen-bond acceptors (Lipinski definition) is 5. The summed E-state index contributed by atoms with van der Waals surface area (Å²) in [7, 11) is 0. The summed E-state index contributed by atoms with van der Waals surface area (Å²) in [6, 6.07) is 12.0. The van der Waals surface area contributed by atoms with E-state index in [1.165, 1.54) is 12.1 Å². The summed E-state index contributed by atoms with van der Waals surface area (Å²) >= 11 is 0. The third-order valence-electron chi connectivity index (χ3n) is 3.35. The van der Waals surface area contributed by atoms with E-state index in [1.807, 2.05) is 11.0 Å². The molecule has 0 saturated carbocycles. The van der Waals surface area contributed by atoms with Crippen molar-refractivity contribution in [1.82, 2.24) is 0 Å². The first-order valence-corrected chi connectivity index (χ1v) is 6.75. The van der Waals surface area contributed by atoms with E-state index in [1.54, 1.807) is 18.2 Å². The van der Waals surface area contributed by atoms with Gasteiger partial charge in [0.2, 0.25) is 0 Å². The molecule has 1 fully saturated rings. The molecular weight excluding hydrogens is 268 g/mol. The molecule has 1 aliphatic rings. The Morgan fingerprint density at radius 2 is 1.95 bits per heavy atom. The number of morpholine rings is 1. The first-order chi connectivity index (χ1) is 10.3. The van der Waals surface area contributed by atoms with Crippen molar-refractivity contribution in [3.63, 3.8) is 0 Å². The summed E-state index contributed by atoms with van der Waals surface area (Å²) < 4.78 is 11.1. The summed E-state index contributed by atoms with van der Waals surface area (Å²) in [5.41, 5.74) is 1.15. The highest BCUT2D eigenvalue weighted by molar-refractivity contribution is 5.60. The fraction of sp³-hybridized carbons (Fsp3) is 0.250. The molecule has 2 heterocycles. The first kappa shape index (κ1) is 13.4. The molecule has 1 aromatic heterocycles. The van der Waals surface area contributed by atoms with E-state index in [0.717, 1.165) is 5.56 Å². The second-order valence-electron chi connectivity index (χ2n) is 4.79. The molecule has 5 heteroatoms. The minimum absolute atomic E-state index is 0.111. The zero-order chi connectivity index (χ0) is 14.7. The fourth-order valence-corrected chi connectivity index (χ4v) is 2.29. The van der Waals surface area contributed by atoms with Gasteiger partial charge in [-0.15, -0.1) is 0 Å². The number of benzene rings is 1. The van der Waals surface area contributed by atoms with Gasteiger partial charge in [-0.2, -0.15) is 5.26 Å². The summed E-state index contributed by atoms with van der Waals surface area (Å²) in [5.74, 6) is 1.02. The molecule has 0 N–H and O–H groups in total. The number of anilines is 1. The van der Waals surface area contributed by atoms with Crippen LogP contribution in [-0.2, 0) is 4.74 Å². The lowest BCUT2D eigenvalue weighted by molar-refractivity contribution is 0.120. The van der Waals surface area contributed by atoms with Gasteiger partial charge in [0.25, 0.3) is 0 Å². The Labute approximate surface area is 122 Å². The standard InChI is InChI=1S/C16H14N2O3/c17-11-12-2-1-3-13(8-12)15-9-14(19)10-16(21-15)18-4-6-20-7-5-18/h1-3,8-10H,4-7H2. The Morgan fingerprint density at radius 1 is 1.14 bits per heavy atom. The van der Waals surface area contributed by atoms with Gasteiger partial charge in [0, 0.05) is 30.8 Å². The minimum atomic E-state index is -0.111. The molecule has 1 aliphatic heterocycles. The van der Waals surface area contributed by atoms with Gasteiger partial charge in [0.05, 0.1) is 24.8 Å². The van der Waals surface area contributed by atoms with Gasteiger partial charge in [-0.3, -0.25) is 4.79 Å². The highest BCUT2D eigenvalue weighted by Gasteiger charge is 2.15. The molecule has 3 rings (SSSR count). The second-order valence-corrected chi connectivity index (χ2v) is 4.79. The van der Waals surface area contributed by atoms with Crippen molar-refractivity contribution >= 4 is 5.88 Å². The Hall–Kier alpha value is -2.58. The number of rotatable bonds is 2. The summed E-state index contributed by atoms with van der Waals surface area (Å²) in [6.07, 6.45) is 0. The van der Waals surface area contributed by atoms with Crippen molar-refractivity contribution in [3.8, 4) is 17.4 Å². The Morgan fingerprint density at radius 3 is 2.71 bits per heavy atom. The molecule has 0 amide bonds. The lowest BCUT2D eigenvalue weighted by Crippen LogP contribution is -2.36. The molecule has 0 bridgehead atoms. The highest BCUT2D eigenvalue weighted by Crippen LogP contribution is 2.24. The molecule has 1 aromatic carbocycles. The van der Waals surface area contributed by atoms with E-state index in [0.29, 0.717) is 43.5 Å². The third kappa shape index (κ3) is 2.96. The number of hydrogen-bond donors (Lipinski definition) is 0. The molecule has 21 heavy (non-hydrogen) atoms. The smallest absolute Gasteiger partial charge is 0.200 e. The maximum atomic E-state index is 11.9. The maximum absolute atomic E-state index is 11.9. The SMILES string of the molecule is N#Cc1cccc(-c2cc(=O)cc(N3CCOCC3)o2)c1. The predicted octanol–water partition coefficient (Wildman–Crippen LogP) is 2.02. The fourth-order valence-electron chi connectivity index (χ4n) is 2.29. The molecule has 0 radical (unpaired) electrons. The van der Waals surface area contributed by atoms with Crippen molar-refractivity contribution in [1.29, 1.82) is 5.26 Å². The normalized spacial score (nSPS) is 14.7. The lowest BCUT2D eigenvalue weighted by atomic mass is 10.1. The van der Waals surface area contributed by atoms with E-state index in [-0.39, 0.29) is 5.43 Å². The van der Waals surface area contributed by atoms with Crippen LogP contribution in [0.5, 0.6) is 0 Å². The van der Waals surface area contributed by atoms with Crippen LogP contribution in [0.15, 0.2) is 45.6 Å². The van der Waals surface area contributed by atoms with Crippen LogP contribution in [0.1, 0.15) is 5.56 Å². The minimum Gasteiger partial charge on any atom is -0.440 e. The van der Waals surface area contributed by atoms with Crippen LogP contribution in [0.3, 0.4) is 0 Å². The largest absolute Gasteiger partial charge is 0.440 e. The quantitative estimate of drug-likeness (QED) is 0.843. The van der Waals surface area contributed by atoms with Gasteiger partial charge < -0.3 is 14.1 Å². The van der Waals surface area contributed by atoms with E-state index in [2.05, 4.69) is 6.07 Å². The highest BCUT2D eigenvalue weighted by atomic mass is 16.5. The lowest BCUT2D eigenvalue weighted by Gasteiger charge is -2.27. The predicted molar refractivity (Wildman–Crippen MR) is 78.2 cm³/mol. The maximum Gasteiger partial charge on any atom is 0.200 e. The van der Waals surface area contributed by atoms with Crippen LogP contribution in [0.4, 0.5) is 5.88 Å². The molecule has 0 unspecified atom stereocenters. The van der Waals surface area contributed by atoms with Gasteiger partial charge in [-0.05, 0) is 12.1 Å². The third-order valence-corrected chi connectivity index (χ3v) is 3.35. The van der Waals surface area contributed by atoms with Gasteiger partial charge in [-0.1, -0.05) is 12.1 Å². The van der Waals surface area contributed by atoms with Gasteiger partial charge in [0.15, 0.2) is 11.3 Å². The van der Waals surface area contributed by atoms with E-state index in [9.17, 15) is 4.79 Å². The van der Waals surface area contributed by atoms with Crippen LogP contribution < -0.4 is 10.3 Å². The van der Waals surface area contributed by atoms with Crippen molar-refractivity contribution in [3.05, 3.63) is 52.2 Å². The summed E-state index contributed by atoms with van der Waals surface area (Å²) in [4.78, 5) is 13.9. The van der Waals surface area contributed by atoms with E-state index < -0.39 is 0 Å². The molecule has 1 saturated heterocycles. The van der Waals surface area contributed by atoms with Gasteiger partial charge in [-0.25, -0.2) is 0 Å². The van der Waals surface area contributed by atoms with Crippen molar-refractivity contribution < 1.29 is 9.15 Å². The van der Waals surface area contributed by atoms with Gasteiger partial charge >= 0.3 is 0 Å². The molecule has 0 spiro atoms. The molecule has 2 aromatic rings. The van der Waals surface area contributed by atoms with Crippen LogP contribution >= 0.6 is 0 Å². The Bertz CT molecular complexity index is 740. The summed E-state index contributed by atoms with van der Waals surface area (Å²) in [6.45, 7) is 2.64. The molecular formula is C16H14N2O3. The van der Waals surface area contributed by atoms with Crippen molar-refractivity contribution in [2.45, 2.75) is 0 Å². The zero-order valence-corrected chi connectivity index (χ0v) is 11.4. The molecule has 106 valence electrons. The number of nitrogens with zero attached hydrogens (tertiary/aromatic N) is 2. The van der Waals surface area contributed by atoms with E-state index >= 15 is 0 Å². The van der Waals surface area contributed by atoms with Crippen LogP contribution in [-0.4, -0.2) is 26.3 Å². The second kappa shape index (κ2) is 5.81. The van der Waals surface area contributed by atoms with Crippen molar-refractivity contribution in [2.24, 2.45) is 0 Å². The average molecular weight is 282 g/mol. The zero-order valence-electron chi connectivity index (χ0n) is 11.4. The number of nitriles is 1. The Kier molecular flexibility index (Phi) is 3.71. The van der Waals surface area contributed by atoms with E-state index in [4.69, 9.17) is 14.4 Å². The average Bonchev–Trinajstić information content (AvgIpc) is 2.55. The van der Waals surface area contributed by atoms with Crippen molar-refractivity contribution in [2.75, 3.05) is 31.2 Å². The van der Waals surface area contributed by atoms with Crippen LogP contribution in [0.25, 0.3) is 11.3 Å². The van der Waals surface area contributed by atoms with Crippen LogP contribution in [0, 0.1) is 11.3 Å². The molecule has 0 atom stereocenters. The molecule has 5 nitrogen and oxygen atoms in total. The summed E-state index contributed by atoms with van der Waals surface area (Å²) in [5, 5.41) is 8.96. The monoisotopic (exact) mass is 282 g/mol. The Balaban J connectivity index is 2.01. The molecule has 0 aliphatic carbocycles.